The van der Waals surface area contributed by atoms with Crippen LogP contribution in [0.1, 0.15) is 25.5 Å². The van der Waals surface area contributed by atoms with Crippen molar-refractivity contribution in [3.8, 4) is 0 Å². The van der Waals surface area contributed by atoms with Gasteiger partial charge in [-0.15, -0.1) is 0 Å². The van der Waals surface area contributed by atoms with E-state index in [1.807, 2.05) is 6.92 Å². The Hall–Kier alpha value is -2.05. The van der Waals surface area contributed by atoms with Crippen LogP contribution < -0.4 is 5.32 Å². The number of amides is 2. The SMILES string of the molecule is CCN(C(=O)N[C@@H](Cc1cnc[nH]1)C(=O)O)C1CC1. The number of nitrogens with zero attached hydrogens (tertiary/aromatic N) is 2. The molecule has 0 unspecified atom stereocenters. The number of hydrogen-bond acceptors (Lipinski definition) is 3. The van der Waals surface area contributed by atoms with Crippen LogP contribution in [0, 0.1) is 0 Å². The highest BCUT2D eigenvalue weighted by molar-refractivity contribution is 5.83. The predicted octanol–water partition coefficient (Wildman–Crippen LogP) is 0.599. The molecule has 0 spiro atoms. The van der Waals surface area contributed by atoms with Gasteiger partial charge in [0, 0.05) is 30.9 Å². The highest BCUT2D eigenvalue weighted by Gasteiger charge is 2.33. The van der Waals surface area contributed by atoms with E-state index < -0.39 is 12.0 Å². The average Bonchev–Trinajstić information content (AvgIpc) is 3.05. The van der Waals surface area contributed by atoms with Crippen LogP contribution in [0.15, 0.2) is 12.5 Å². The zero-order valence-electron chi connectivity index (χ0n) is 10.8. The van der Waals surface area contributed by atoms with Gasteiger partial charge in [0.1, 0.15) is 6.04 Å². The summed E-state index contributed by atoms with van der Waals surface area (Å²) in [4.78, 5) is 31.6. The number of carboxylic acids is 1. The third-order valence-electron chi connectivity index (χ3n) is 3.16. The molecule has 1 aliphatic carbocycles. The smallest absolute Gasteiger partial charge is 0.326 e. The summed E-state index contributed by atoms with van der Waals surface area (Å²) >= 11 is 0. The van der Waals surface area contributed by atoms with E-state index in [0.717, 1.165) is 12.8 Å². The van der Waals surface area contributed by atoms with E-state index in [4.69, 9.17) is 5.11 Å². The zero-order chi connectivity index (χ0) is 13.8. The Morgan fingerprint density at radius 3 is 2.84 bits per heavy atom. The van der Waals surface area contributed by atoms with E-state index in [1.165, 1.54) is 6.33 Å². The van der Waals surface area contributed by atoms with Crippen LogP contribution >= 0.6 is 0 Å². The van der Waals surface area contributed by atoms with Gasteiger partial charge in [0.2, 0.25) is 0 Å². The lowest BCUT2D eigenvalue weighted by molar-refractivity contribution is -0.139. The molecule has 0 bridgehead atoms. The minimum Gasteiger partial charge on any atom is -0.480 e. The molecule has 7 nitrogen and oxygen atoms in total. The molecule has 19 heavy (non-hydrogen) atoms. The topological polar surface area (TPSA) is 98.3 Å². The fourth-order valence-electron chi connectivity index (χ4n) is 2.00. The van der Waals surface area contributed by atoms with Gasteiger partial charge in [-0.1, -0.05) is 0 Å². The van der Waals surface area contributed by atoms with Crippen LogP contribution in [-0.4, -0.2) is 50.6 Å². The van der Waals surface area contributed by atoms with Gasteiger partial charge in [-0.25, -0.2) is 14.6 Å². The van der Waals surface area contributed by atoms with Gasteiger partial charge < -0.3 is 20.3 Å². The van der Waals surface area contributed by atoms with Crippen LogP contribution in [0.2, 0.25) is 0 Å². The van der Waals surface area contributed by atoms with E-state index in [0.29, 0.717) is 12.2 Å². The van der Waals surface area contributed by atoms with Crippen molar-refractivity contribution < 1.29 is 14.7 Å². The fourth-order valence-corrected chi connectivity index (χ4v) is 2.00. The molecule has 1 heterocycles. The van der Waals surface area contributed by atoms with E-state index in [2.05, 4.69) is 15.3 Å². The number of carbonyl (C=O) groups excluding carboxylic acids is 1. The van der Waals surface area contributed by atoms with Gasteiger partial charge in [0.25, 0.3) is 0 Å². The summed E-state index contributed by atoms with van der Waals surface area (Å²) in [7, 11) is 0. The second-order valence-electron chi connectivity index (χ2n) is 4.64. The number of aromatic nitrogens is 2. The molecule has 0 radical (unpaired) electrons. The molecule has 0 saturated heterocycles. The summed E-state index contributed by atoms with van der Waals surface area (Å²) in [6.07, 6.45) is 5.24. The monoisotopic (exact) mass is 266 g/mol. The fraction of sp³-hybridized carbons (Fsp3) is 0.583. The van der Waals surface area contributed by atoms with E-state index >= 15 is 0 Å². The lowest BCUT2D eigenvalue weighted by Gasteiger charge is -2.23. The van der Waals surface area contributed by atoms with Crippen molar-refractivity contribution in [3.05, 3.63) is 18.2 Å². The van der Waals surface area contributed by atoms with Crippen molar-refractivity contribution >= 4 is 12.0 Å². The predicted molar refractivity (Wildman–Crippen MR) is 67.6 cm³/mol. The zero-order valence-corrected chi connectivity index (χ0v) is 10.8. The van der Waals surface area contributed by atoms with Crippen LogP contribution in [0.25, 0.3) is 0 Å². The number of aromatic amines is 1. The molecule has 0 aliphatic heterocycles. The standard InChI is InChI=1S/C12H18N4O3/c1-2-16(9-3-4-9)12(19)15-10(11(17)18)5-8-6-13-7-14-8/h6-7,9-10H,2-5H2,1H3,(H,13,14)(H,15,19)(H,17,18)/t10-/m0/s1. The van der Waals surface area contributed by atoms with E-state index in [9.17, 15) is 9.59 Å². The van der Waals surface area contributed by atoms with Gasteiger partial charge in [-0.2, -0.15) is 0 Å². The maximum absolute atomic E-state index is 12.0. The molecule has 2 amide bonds. The summed E-state index contributed by atoms with van der Waals surface area (Å²) in [5.41, 5.74) is 0.683. The lowest BCUT2D eigenvalue weighted by atomic mass is 10.1. The highest BCUT2D eigenvalue weighted by Crippen LogP contribution is 2.26. The van der Waals surface area contributed by atoms with Gasteiger partial charge in [0.15, 0.2) is 0 Å². The van der Waals surface area contributed by atoms with Crippen LogP contribution in [0.5, 0.6) is 0 Å². The van der Waals surface area contributed by atoms with Crippen LogP contribution in [-0.2, 0) is 11.2 Å². The van der Waals surface area contributed by atoms with Crippen molar-refractivity contribution in [2.24, 2.45) is 0 Å². The molecule has 3 N–H and O–H groups in total. The number of aliphatic carboxylic acids is 1. The summed E-state index contributed by atoms with van der Waals surface area (Å²) in [5, 5.41) is 11.7. The van der Waals surface area contributed by atoms with Crippen LogP contribution in [0.4, 0.5) is 4.79 Å². The summed E-state index contributed by atoms with van der Waals surface area (Å²) in [6, 6.07) is -0.982. The number of H-pyrrole nitrogens is 1. The second kappa shape index (κ2) is 5.73. The molecule has 2 rings (SSSR count). The first-order valence-corrected chi connectivity index (χ1v) is 6.39. The first-order valence-electron chi connectivity index (χ1n) is 6.39. The molecule has 1 aliphatic rings. The molecule has 7 heteroatoms. The van der Waals surface area contributed by atoms with Gasteiger partial charge in [0.05, 0.1) is 6.33 Å². The van der Waals surface area contributed by atoms with E-state index in [-0.39, 0.29) is 18.5 Å². The summed E-state index contributed by atoms with van der Waals surface area (Å²) in [6.45, 7) is 2.48. The summed E-state index contributed by atoms with van der Waals surface area (Å²) in [5.74, 6) is -1.05. The third-order valence-corrected chi connectivity index (χ3v) is 3.16. The number of carbonyl (C=O) groups is 2. The Bertz CT molecular complexity index is 442. The van der Waals surface area contributed by atoms with Crippen molar-refractivity contribution in [2.75, 3.05) is 6.54 Å². The number of urea groups is 1. The highest BCUT2D eigenvalue weighted by atomic mass is 16.4. The second-order valence-corrected chi connectivity index (χ2v) is 4.64. The molecular weight excluding hydrogens is 248 g/mol. The number of rotatable bonds is 6. The summed E-state index contributed by atoms with van der Waals surface area (Å²) < 4.78 is 0. The lowest BCUT2D eigenvalue weighted by Crippen LogP contribution is -2.49. The minimum atomic E-state index is -1.05. The molecule has 104 valence electrons. The Labute approximate surface area is 111 Å². The maximum Gasteiger partial charge on any atom is 0.326 e. The van der Waals surface area contributed by atoms with Gasteiger partial charge >= 0.3 is 12.0 Å². The third kappa shape index (κ3) is 3.46. The van der Waals surface area contributed by atoms with Gasteiger partial charge in [-0.05, 0) is 19.8 Å². The van der Waals surface area contributed by atoms with Gasteiger partial charge in [-0.3, -0.25) is 0 Å². The number of nitrogens with one attached hydrogen (secondary N) is 2. The Morgan fingerprint density at radius 2 is 2.37 bits per heavy atom. The molecule has 1 saturated carbocycles. The number of imidazole rings is 1. The molecule has 0 aromatic carbocycles. The molecular formula is C12H18N4O3. The normalized spacial score (nSPS) is 15.8. The first-order chi connectivity index (χ1) is 9.11. The molecule has 1 fully saturated rings. The Balaban J connectivity index is 1.95. The molecule has 1 atom stereocenters. The van der Waals surface area contributed by atoms with Crippen LogP contribution in [0.3, 0.4) is 0 Å². The van der Waals surface area contributed by atoms with Crippen molar-refractivity contribution in [2.45, 2.75) is 38.3 Å². The number of carboxylic acid groups (broad SMARTS) is 1. The Morgan fingerprint density at radius 1 is 1.63 bits per heavy atom. The Kier molecular flexibility index (Phi) is 4.03. The molecule has 1 aromatic rings. The quantitative estimate of drug-likeness (QED) is 0.702. The molecule has 1 aromatic heterocycles. The maximum atomic E-state index is 12.0. The number of hydrogen-bond donors (Lipinski definition) is 3. The minimum absolute atomic E-state index is 0.198. The first kappa shape index (κ1) is 13.4. The van der Waals surface area contributed by atoms with Crippen molar-refractivity contribution in [3.63, 3.8) is 0 Å². The van der Waals surface area contributed by atoms with Crippen molar-refractivity contribution in [1.29, 1.82) is 0 Å². The largest absolute Gasteiger partial charge is 0.480 e. The average molecular weight is 266 g/mol. The van der Waals surface area contributed by atoms with E-state index in [1.54, 1.807) is 11.1 Å². The van der Waals surface area contributed by atoms with Crippen molar-refractivity contribution in [1.82, 2.24) is 20.2 Å².